The number of aromatic nitrogens is 2. The van der Waals surface area contributed by atoms with E-state index in [1.54, 1.807) is 4.90 Å². The number of amides is 2. The Kier molecular flexibility index (Phi) is 7.06. The van der Waals surface area contributed by atoms with E-state index in [0.717, 1.165) is 36.1 Å². The normalized spacial score (nSPS) is 15.3. The molecule has 2 amide bonds. The van der Waals surface area contributed by atoms with Gasteiger partial charge in [0.1, 0.15) is 17.5 Å². The van der Waals surface area contributed by atoms with Gasteiger partial charge in [-0.25, -0.2) is 9.97 Å². The van der Waals surface area contributed by atoms with Crippen molar-refractivity contribution in [2.24, 2.45) is 5.92 Å². The van der Waals surface area contributed by atoms with Gasteiger partial charge in [-0.2, -0.15) is 0 Å². The molecule has 2 aromatic carbocycles. The van der Waals surface area contributed by atoms with Crippen LogP contribution in [-0.4, -0.2) is 41.4 Å². The zero-order valence-corrected chi connectivity index (χ0v) is 19.8. The number of nitrogens with one attached hydrogen (secondary N) is 2. The average Bonchev–Trinajstić information content (AvgIpc) is 3.23. The smallest absolute Gasteiger partial charge is 0.229 e. The first-order valence-electron chi connectivity index (χ1n) is 11.6. The molecule has 176 valence electrons. The number of benzene rings is 2. The third-order valence-corrected chi connectivity index (χ3v) is 5.90. The van der Waals surface area contributed by atoms with Crippen LogP contribution in [0.25, 0.3) is 0 Å². The zero-order chi connectivity index (χ0) is 24.1. The fourth-order valence-corrected chi connectivity index (χ4v) is 4.10. The molecule has 2 N–H and O–H groups in total. The first-order valence-corrected chi connectivity index (χ1v) is 11.6. The summed E-state index contributed by atoms with van der Waals surface area (Å²) in [6.45, 7) is 8.20. The average molecular weight is 459 g/mol. The Hall–Kier alpha value is -3.94. The molecule has 1 saturated heterocycles. The van der Waals surface area contributed by atoms with Crippen LogP contribution in [0.4, 0.5) is 28.7 Å². The Morgan fingerprint density at radius 1 is 1.03 bits per heavy atom. The quantitative estimate of drug-likeness (QED) is 0.521. The molecule has 0 spiro atoms. The number of hydrogen-bond acceptors (Lipinski definition) is 6. The van der Waals surface area contributed by atoms with Gasteiger partial charge in [-0.1, -0.05) is 18.2 Å². The lowest BCUT2D eigenvalue weighted by Gasteiger charge is -2.20. The summed E-state index contributed by atoms with van der Waals surface area (Å²) in [5.74, 6) is 1.74. The molecular weight excluding hydrogens is 428 g/mol. The fraction of sp³-hybridized carbons (Fsp3) is 0.308. The number of carbonyl (C=O) groups is 2. The van der Waals surface area contributed by atoms with E-state index >= 15 is 0 Å². The summed E-state index contributed by atoms with van der Waals surface area (Å²) in [6, 6.07) is 18.8. The first kappa shape index (κ1) is 23.2. The zero-order valence-electron chi connectivity index (χ0n) is 19.8. The minimum Gasteiger partial charge on any atom is -0.357 e. The third-order valence-electron chi connectivity index (χ3n) is 5.90. The maximum absolute atomic E-state index is 12.8. The van der Waals surface area contributed by atoms with Crippen molar-refractivity contribution in [3.05, 3.63) is 66.5 Å². The number of aryl methyl sites for hydroxylation is 1. The van der Waals surface area contributed by atoms with E-state index in [4.69, 9.17) is 0 Å². The highest BCUT2D eigenvalue weighted by atomic mass is 16.2. The molecule has 2 heterocycles. The lowest BCUT2D eigenvalue weighted by Crippen LogP contribution is -2.28. The minimum atomic E-state index is -0.381. The monoisotopic (exact) mass is 458 g/mol. The second kappa shape index (κ2) is 10.3. The van der Waals surface area contributed by atoms with Gasteiger partial charge in [0.15, 0.2) is 0 Å². The third kappa shape index (κ3) is 5.33. The topological polar surface area (TPSA) is 90.5 Å². The molecule has 0 aliphatic carbocycles. The van der Waals surface area contributed by atoms with E-state index < -0.39 is 0 Å². The number of nitrogens with zero attached hydrogens (tertiary/aromatic N) is 4. The van der Waals surface area contributed by atoms with Crippen molar-refractivity contribution in [1.29, 1.82) is 0 Å². The number of anilines is 5. The van der Waals surface area contributed by atoms with Crippen molar-refractivity contribution in [2.45, 2.75) is 27.2 Å². The Bertz CT molecular complexity index is 1150. The van der Waals surface area contributed by atoms with Crippen LogP contribution in [0.15, 0.2) is 60.7 Å². The van der Waals surface area contributed by atoms with Gasteiger partial charge in [0, 0.05) is 49.2 Å². The van der Waals surface area contributed by atoms with Crippen LogP contribution in [0.1, 0.15) is 26.1 Å². The molecule has 1 atom stereocenters. The molecule has 3 aromatic rings. The number of para-hydroxylation sites is 1. The summed E-state index contributed by atoms with van der Waals surface area (Å²) in [5.41, 5.74) is 2.36. The van der Waals surface area contributed by atoms with Crippen LogP contribution in [0, 0.1) is 12.8 Å². The molecule has 0 saturated carbocycles. The maximum atomic E-state index is 12.8. The summed E-state index contributed by atoms with van der Waals surface area (Å²) >= 11 is 0. The Morgan fingerprint density at radius 3 is 2.38 bits per heavy atom. The molecule has 0 radical (unpaired) electrons. The highest BCUT2D eigenvalue weighted by molar-refractivity contribution is 6.03. The standard InChI is InChI=1S/C26H30N6O2/c1-4-31(5-2)24-16-23(27-18(3)28-24)29-20-11-13-21(14-12-20)30-26(34)19-15-25(33)32(17-19)22-9-7-6-8-10-22/h6-14,16,19H,4-5,15,17H2,1-3H3,(H,30,34)(H,27,28,29). The molecular formula is C26H30N6O2. The van der Waals surface area contributed by atoms with Crippen molar-refractivity contribution in [3.63, 3.8) is 0 Å². The lowest BCUT2D eigenvalue weighted by atomic mass is 10.1. The predicted octanol–water partition coefficient (Wildman–Crippen LogP) is 4.37. The fourth-order valence-electron chi connectivity index (χ4n) is 4.10. The van der Waals surface area contributed by atoms with Crippen molar-refractivity contribution in [3.8, 4) is 0 Å². The summed E-state index contributed by atoms with van der Waals surface area (Å²) in [7, 11) is 0. The number of hydrogen-bond donors (Lipinski definition) is 2. The van der Waals surface area contributed by atoms with Gasteiger partial charge in [0.05, 0.1) is 5.92 Å². The molecule has 0 bridgehead atoms. The molecule has 8 nitrogen and oxygen atoms in total. The Labute approximate surface area is 200 Å². The molecule has 1 aliphatic heterocycles. The highest BCUT2D eigenvalue weighted by Crippen LogP contribution is 2.26. The van der Waals surface area contributed by atoms with Gasteiger partial charge < -0.3 is 20.4 Å². The Morgan fingerprint density at radius 2 is 1.71 bits per heavy atom. The van der Waals surface area contributed by atoms with E-state index in [1.165, 1.54) is 0 Å². The predicted molar refractivity (Wildman–Crippen MR) is 136 cm³/mol. The molecule has 1 fully saturated rings. The molecule has 1 aliphatic rings. The van der Waals surface area contributed by atoms with Gasteiger partial charge in [-0.15, -0.1) is 0 Å². The van der Waals surface area contributed by atoms with Crippen LogP contribution in [0.3, 0.4) is 0 Å². The van der Waals surface area contributed by atoms with Crippen LogP contribution in [-0.2, 0) is 9.59 Å². The van der Waals surface area contributed by atoms with Crippen LogP contribution in [0.2, 0.25) is 0 Å². The van der Waals surface area contributed by atoms with Crippen molar-refractivity contribution in [1.82, 2.24) is 9.97 Å². The number of carbonyl (C=O) groups excluding carboxylic acids is 2. The van der Waals surface area contributed by atoms with Gasteiger partial charge in [-0.3, -0.25) is 9.59 Å². The van der Waals surface area contributed by atoms with E-state index in [0.29, 0.717) is 18.1 Å². The molecule has 8 heteroatoms. The van der Waals surface area contributed by atoms with Gasteiger partial charge >= 0.3 is 0 Å². The van der Waals surface area contributed by atoms with Crippen LogP contribution in [0.5, 0.6) is 0 Å². The van der Waals surface area contributed by atoms with Gasteiger partial charge in [0.25, 0.3) is 0 Å². The van der Waals surface area contributed by atoms with E-state index in [9.17, 15) is 9.59 Å². The SMILES string of the molecule is CCN(CC)c1cc(Nc2ccc(NC(=O)C3CC(=O)N(c4ccccc4)C3)cc2)nc(C)n1. The van der Waals surface area contributed by atoms with Crippen molar-refractivity contribution >= 4 is 40.5 Å². The van der Waals surface area contributed by atoms with E-state index in [-0.39, 0.29) is 24.2 Å². The first-order chi connectivity index (χ1) is 16.5. The van der Waals surface area contributed by atoms with Crippen LogP contribution >= 0.6 is 0 Å². The summed E-state index contributed by atoms with van der Waals surface area (Å²) in [5, 5.41) is 6.25. The largest absolute Gasteiger partial charge is 0.357 e. The second-order valence-electron chi connectivity index (χ2n) is 8.26. The molecule has 4 rings (SSSR count). The van der Waals surface area contributed by atoms with Crippen molar-refractivity contribution in [2.75, 3.05) is 40.1 Å². The maximum Gasteiger partial charge on any atom is 0.229 e. The van der Waals surface area contributed by atoms with Crippen LogP contribution < -0.4 is 20.4 Å². The molecule has 1 aromatic heterocycles. The van der Waals surface area contributed by atoms with Gasteiger partial charge in [-0.05, 0) is 57.2 Å². The molecule has 1 unspecified atom stereocenters. The van der Waals surface area contributed by atoms with Crippen molar-refractivity contribution < 1.29 is 9.59 Å². The van der Waals surface area contributed by atoms with Gasteiger partial charge in [0.2, 0.25) is 11.8 Å². The van der Waals surface area contributed by atoms with E-state index in [2.05, 4.69) is 39.3 Å². The summed E-state index contributed by atoms with van der Waals surface area (Å²) in [4.78, 5) is 38.1. The van der Waals surface area contributed by atoms with E-state index in [1.807, 2.05) is 67.6 Å². The number of rotatable bonds is 8. The summed E-state index contributed by atoms with van der Waals surface area (Å²) in [6.07, 6.45) is 0.211. The Balaban J connectivity index is 1.38. The summed E-state index contributed by atoms with van der Waals surface area (Å²) < 4.78 is 0. The highest BCUT2D eigenvalue weighted by Gasteiger charge is 2.35. The lowest BCUT2D eigenvalue weighted by molar-refractivity contribution is -0.122. The second-order valence-corrected chi connectivity index (χ2v) is 8.26. The minimum absolute atomic E-state index is 0.0323. The molecule has 34 heavy (non-hydrogen) atoms.